The summed E-state index contributed by atoms with van der Waals surface area (Å²) in [6.07, 6.45) is 6.60. The first-order chi connectivity index (χ1) is 11.6. The average molecular weight is 326 g/mol. The van der Waals surface area contributed by atoms with Crippen molar-refractivity contribution in [3.63, 3.8) is 0 Å². The Morgan fingerprint density at radius 2 is 2.29 bits per heavy atom. The van der Waals surface area contributed by atoms with Crippen LogP contribution in [0.2, 0.25) is 0 Å². The molecular formula is C16H18N6O2. The van der Waals surface area contributed by atoms with E-state index in [0.29, 0.717) is 31.0 Å². The standard InChI is InChI=1S/C16H18N6O2/c1-11-15-18-7-13(8-20-10-17-9-19-20)22(15)5-4-21(11)16(23)14-3-6-24-12(14)2/h3,6-7,9-11H,4-5,8H2,1-2H3/t11-/m0/s1. The van der Waals surface area contributed by atoms with Crippen molar-refractivity contribution in [1.82, 2.24) is 29.2 Å². The summed E-state index contributed by atoms with van der Waals surface area (Å²) < 4.78 is 9.19. The van der Waals surface area contributed by atoms with Crippen molar-refractivity contribution in [3.8, 4) is 0 Å². The summed E-state index contributed by atoms with van der Waals surface area (Å²) in [5.41, 5.74) is 1.68. The van der Waals surface area contributed by atoms with Gasteiger partial charge in [0.2, 0.25) is 0 Å². The Bertz CT molecular complexity index is 863. The molecule has 24 heavy (non-hydrogen) atoms. The summed E-state index contributed by atoms with van der Waals surface area (Å²) in [4.78, 5) is 23.1. The van der Waals surface area contributed by atoms with Crippen molar-refractivity contribution in [3.05, 3.63) is 54.0 Å². The number of hydrogen-bond donors (Lipinski definition) is 0. The quantitative estimate of drug-likeness (QED) is 0.731. The van der Waals surface area contributed by atoms with E-state index in [4.69, 9.17) is 4.42 Å². The maximum atomic E-state index is 12.8. The molecule has 0 N–H and O–H groups in total. The smallest absolute Gasteiger partial charge is 0.258 e. The lowest BCUT2D eigenvalue weighted by Gasteiger charge is -2.34. The molecule has 1 aliphatic rings. The molecule has 0 unspecified atom stereocenters. The summed E-state index contributed by atoms with van der Waals surface area (Å²) in [5.74, 6) is 1.53. The van der Waals surface area contributed by atoms with Gasteiger partial charge in [-0.15, -0.1) is 0 Å². The van der Waals surface area contributed by atoms with Gasteiger partial charge in [-0.05, 0) is 19.9 Å². The molecule has 0 saturated carbocycles. The molecule has 1 atom stereocenters. The van der Waals surface area contributed by atoms with Gasteiger partial charge in [-0.25, -0.2) is 14.6 Å². The van der Waals surface area contributed by atoms with Gasteiger partial charge in [0.25, 0.3) is 5.91 Å². The maximum absolute atomic E-state index is 12.8. The Labute approximate surface area is 138 Å². The molecule has 0 fully saturated rings. The maximum Gasteiger partial charge on any atom is 0.258 e. The highest BCUT2D eigenvalue weighted by atomic mass is 16.3. The Balaban J connectivity index is 1.59. The number of carbonyl (C=O) groups excluding carboxylic acids is 1. The summed E-state index contributed by atoms with van der Waals surface area (Å²) in [6.45, 7) is 5.78. The van der Waals surface area contributed by atoms with E-state index in [1.54, 1.807) is 30.3 Å². The summed E-state index contributed by atoms with van der Waals surface area (Å²) in [7, 11) is 0. The van der Waals surface area contributed by atoms with Gasteiger partial charge in [0, 0.05) is 13.1 Å². The Kier molecular flexibility index (Phi) is 3.44. The van der Waals surface area contributed by atoms with E-state index in [1.807, 2.05) is 18.0 Å². The normalized spacial score (nSPS) is 17.1. The molecule has 0 aromatic carbocycles. The number of rotatable bonds is 3. The lowest BCUT2D eigenvalue weighted by molar-refractivity contribution is 0.0634. The summed E-state index contributed by atoms with van der Waals surface area (Å²) in [5, 5.41) is 4.14. The van der Waals surface area contributed by atoms with Gasteiger partial charge < -0.3 is 13.9 Å². The lowest BCUT2D eigenvalue weighted by atomic mass is 10.1. The Morgan fingerprint density at radius 3 is 3.00 bits per heavy atom. The largest absolute Gasteiger partial charge is 0.469 e. The number of nitrogens with zero attached hydrogens (tertiary/aromatic N) is 6. The fraction of sp³-hybridized carbons (Fsp3) is 0.375. The van der Waals surface area contributed by atoms with E-state index in [2.05, 4.69) is 19.6 Å². The number of imidazole rings is 1. The van der Waals surface area contributed by atoms with E-state index in [9.17, 15) is 4.79 Å². The van der Waals surface area contributed by atoms with Crippen molar-refractivity contribution < 1.29 is 9.21 Å². The SMILES string of the molecule is Cc1occc1C(=O)N1CCn2c(Cn3cncn3)cnc2[C@@H]1C. The topological polar surface area (TPSA) is 82.0 Å². The number of hydrogen-bond acceptors (Lipinski definition) is 5. The molecule has 4 heterocycles. The molecule has 0 saturated heterocycles. The first-order valence-corrected chi connectivity index (χ1v) is 7.87. The lowest BCUT2D eigenvalue weighted by Crippen LogP contribution is -2.41. The number of aromatic nitrogens is 5. The van der Waals surface area contributed by atoms with E-state index < -0.39 is 0 Å². The first-order valence-electron chi connectivity index (χ1n) is 7.87. The van der Waals surface area contributed by atoms with Crippen molar-refractivity contribution >= 4 is 5.91 Å². The van der Waals surface area contributed by atoms with Gasteiger partial charge >= 0.3 is 0 Å². The molecule has 0 bridgehead atoms. The fourth-order valence-corrected chi connectivity index (χ4v) is 3.21. The van der Waals surface area contributed by atoms with Crippen LogP contribution in [0.1, 0.15) is 40.6 Å². The van der Waals surface area contributed by atoms with Crippen LogP contribution in [0, 0.1) is 6.92 Å². The molecule has 8 heteroatoms. The third-order valence-electron chi connectivity index (χ3n) is 4.52. The van der Waals surface area contributed by atoms with Crippen LogP contribution in [0.4, 0.5) is 0 Å². The Morgan fingerprint density at radius 1 is 1.42 bits per heavy atom. The molecule has 124 valence electrons. The highest BCUT2D eigenvalue weighted by Gasteiger charge is 2.31. The molecule has 0 aliphatic carbocycles. The van der Waals surface area contributed by atoms with Gasteiger partial charge in [-0.1, -0.05) is 0 Å². The predicted octanol–water partition coefficient (Wildman–Crippen LogP) is 1.64. The van der Waals surface area contributed by atoms with Gasteiger partial charge in [0.05, 0.1) is 36.3 Å². The van der Waals surface area contributed by atoms with E-state index >= 15 is 0 Å². The van der Waals surface area contributed by atoms with Gasteiger partial charge in [0.15, 0.2) is 0 Å². The van der Waals surface area contributed by atoms with Crippen LogP contribution in [0.5, 0.6) is 0 Å². The van der Waals surface area contributed by atoms with Crippen LogP contribution >= 0.6 is 0 Å². The minimum absolute atomic E-state index is 0.0131. The zero-order valence-corrected chi connectivity index (χ0v) is 13.6. The number of aryl methyl sites for hydroxylation is 1. The molecule has 1 aliphatic heterocycles. The number of fused-ring (bicyclic) bond motifs is 1. The van der Waals surface area contributed by atoms with Crippen molar-refractivity contribution in [2.24, 2.45) is 0 Å². The number of amides is 1. The molecule has 1 amide bonds. The minimum atomic E-state index is -0.0925. The van der Waals surface area contributed by atoms with Crippen molar-refractivity contribution in [1.29, 1.82) is 0 Å². The van der Waals surface area contributed by atoms with Crippen LogP contribution in [0.25, 0.3) is 0 Å². The third-order valence-corrected chi connectivity index (χ3v) is 4.52. The molecular weight excluding hydrogens is 308 g/mol. The first kappa shape index (κ1) is 14.7. The van der Waals surface area contributed by atoms with Crippen LogP contribution in [0.15, 0.2) is 35.6 Å². The van der Waals surface area contributed by atoms with Gasteiger partial charge in [-0.2, -0.15) is 5.10 Å². The molecule has 8 nitrogen and oxygen atoms in total. The second kappa shape index (κ2) is 5.63. The zero-order valence-electron chi connectivity index (χ0n) is 13.6. The second-order valence-electron chi connectivity index (χ2n) is 5.92. The van der Waals surface area contributed by atoms with E-state index in [1.165, 1.54) is 6.33 Å². The molecule has 0 spiro atoms. The Hall–Kier alpha value is -2.90. The predicted molar refractivity (Wildman–Crippen MR) is 84.2 cm³/mol. The van der Waals surface area contributed by atoms with E-state index in [0.717, 1.165) is 11.5 Å². The second-order valence-corrected chi connectivity index (χ2v) is 5.92. The fourth-order valence-electron chi connectivity index (χ4n) is 3.21. The van der Waals surface area contributed by atoms with Gasteiger partial charge in [-0.3, -0.25) is 4.79 Å². The molecule has 3 aromatic rings. The number of furan rings is 1. The highest BCUT2D eigenvalue weighted by Crippen LogP contribution is 2.28. The number of carbonyl (C=O) groups is 1. The average Bonchev–Trinajstić information content (AvgIpc) is 3.30. The molecule has 4 rings (SSSR count). The summed E-state index contributed by atoms with van der Waals surface area (Å²) in [6, 6.07) is 1.63. The van der Waals surface area contributed by atoms with Crippen LogP contribution in [0.3, 0.4) is 0 Å². The molecule has 3 aromatic heterocycles. The zero-order chi connectivity index (χ0) is 16.7. The van der Waals surface area contributed by atoms with Crippen LogP contribution in [-0.2, 0) is 13.1 Å². The van der Waals surface area contributed by atoms with Crippen molar-refractivity contribution in [2.75, 3.05) is 6.54 Å². The minimum Gasteiger partial charge on any atom is -0.469 e. The highest BCUT2D eigenvalue weighted by molar-refractivity contribution is 5.95. The van der Waals surface area contributed by atoms with Crippen molar-refractivity contribution in [2.45, 2.75) is 33.0 Å². The molecule has 0 radical (unpaired) electrons. The summed E-state index contributed by atoms with van der Waals surface area (Å²) >= 11 is 0. The van der Waals surface area contributed by atoms with E-state index in [-0.39, 0.29) is 11.9 Å². The van der Waals surface area contributed by atoms with Crippen LogP contribution in [-0.4, -0.2) is 41.7 Å². The van der Waals surface area contributed by atoms with Crippen LogP contribution < -0.4 is 0 Å². The van der Waals surface area contributed by atoms with Gasteiger partial charge in [0.1, 0.15) is 24.2 Å². The monoisotopic (exact) mass is 326 g/mol. The third kappa shape index (κ3) is 2.31.